The van der Waals surface area contributed by atoms with Crippen molar-refractivity contribution in [1.29, 1.82) is 0 Å². The summed E-state index contributed by atoms with van der Waals surface area (Å²) in [6.45, 7) is -0.474. The Hall–Kier alpha value is -4.35. The molecule has 0 aliphatic heterocycles. The van der Waals surface area contributed by atoms with Gasteiger partial charge in [0.1, 0.15) is 12.6 Å². The molecule has 4 aromatic rings. The molecule has 49 heavy (non-hydrogen) atoms. The van der Waals surface area contributed by atoms with Crippen LogP contribution in [0.4, 0.5) is 5.69 Å². The van der Waals surface area contributed by atoms with Crippen molar-refractivity contribution in [3.05, 3.63) is 119 Å². The Morgan fingerprint density at radius 3 is 2.08 bits per heavy atom. The van der Waals surface area contributed by atoms with Crippen LogP contribution in [0.2, 0.25) is 0 Å². The van der Waals surface area contributed by atoms with Crippen LogP contribution in [0.25, 0.3) is 0 Å². The molecule has 0 heterocycles. The minimum atomic E-state index is -4.25. The van der Waals surface area contributed by atoms with Crippen molar-refractivity contribution in [1.82, 2.24) is 10.2 Å². The molecule has 0 saturated heterocycles. The van der Waals surface area contributed by atoms with Gasteiger partial charge in [-0.1, -0.05) is 95.9 Å². The summed E-state index contributed by atoms with van der Waals surface area (Å²) in [6, 6.07) is 28.9. The third kappa shape index (κ3) is 9.21. The first kappa shape index (κ1) is 35.9. The first-order chi connectivity index (χ1) is 23.7. The van der Waals surface area contributed by atoms with E-state index in [2.05, 4.69) is 21.2 Å². The largest absolute Gasteiger partial charge is 0.493 e. The molecule has 258 valence electrons. The minimum absolute atomic E-state index is 0.0193. The third-order valence-corrected chi connectivity index (χ3v) is 11.1. The number of benzene rings is 4. The van der Waals surface area contributed by atoms with Crippen molar-refractivity contribution in [3.63, 3.8) is 0 Å². The van der Waals surface area contributed by atoms with Gasteiger partial charge in [0.2, 0.25) is 11.8 Å². The van der Waals surface area contributed by atoms with E-state index in [9.17, 15) is 18.0 Å². The summed E-state index contributed by atoms with van der Waals surface area (Å²) in [4.78, 5) is 30.6. The van der Waals surface area contributed by atoms with Gasteiger partial charge in [0.25, 0.3) is 10.0 Å². The predicted molar refractivity (Wildman–Crippen MR) is 194 cm³/mol. The van der Waals surface area contributed by atoms with Gasteiger partial charge in [-0.05, 0) is 60.4 Å². The molecule has 4 aromatic carbocycles. The fourth-order valence-electron chi connectivity index (χ4n) is 6.11. The van der Waals surface area contributed by atoms with Gasteiger partial charge in [0.15, 0.2) is 11.5 Å². The molecule has 5 rings (SSSR count). The highest BCUT2D eigenvalue weighted by atomic mass is 79.9. The fourth-order valence-corrected chi connectivity index (χ4v) is 7.80. The first-order valence-electron chi connectivity index (χ1n) is 16.4. The van der Waals surface area contributed by atoms with Gasteiger partial charge >= 0.3 is 0 Å². The number of rotatable bonds is 14. The standard InChI is InChI=1S/C38H42BrN3O6S/c1-47-35-23-22-32(25-36(35)48-2)42(49(45,46)33-16-10-5-11-17-33)27-37(43)41(26-29-18-20-30(39)21-19-29)34(24-28-12-6-3-7-13-28)38(44)40-31-14-8-4-9-15-31/h3,5-7,10-13,16-23,25,31,34H,4,8-9,14-15,24,26-27H2,1-2H3,(H,40,44). The van der Waals surface area contributed by atoms with Crippen molar-refractivity contribution >= 4 is 43.5 Å². The zero-order valence-electron chi connectivity index (χ0n) is 27.8. The summed E-state index contributed by atoms with van der Waals surface area (Å²) in [7, 11) is -1.30. The zero-order chi connectivity index (χ0) is 34.8. The average molecular weight is 749 g/mol. The van der Waals surface area contributed by atoms with Crippen molar-refractivity contribution in [3.8, 4) is 11.5 Å². The van der Waals surface area contributed by atoms with E-state index in [-0.39, 0.29) is 35.5 Å². The highest BCUT2D eigenvalue weighted by molar-refractivity contribution is 9.10. The minimum Gasteiger partial charge on any atom is -0.493 e. The van der Waals surface area contributed by atoms with Gasteiger partial charge in [-0.3, -0.25) is 13.9 Å². The number of halogens is 1. The van der Waals surface area contributed by atoms with Crippen LogP contribution in [-0.2, 0) is 32.6 Å². The number of nitrogens with one attached hydrogen (secondary N) is 1. The molecule has 0 spiro atoms. The van der Waals surface area contributed by atoms with Crippen molar-refractivity contribution in [2.24, 2.45) is 0 Å². The molecule has 9 nitrogen and oxygen atoms in total. The van der Waals surface area contributed by atoms with Crippen LogP contribution in [0, 0.1) is 0 Å². The summed E-state index contributed by atoms with van der Waals surface area (Å²) < 4.78 is 41.4. The van der Waals surface area contributed by atoms with E-state index in [4.69, 9.17) is 9.47 Å². The lowest BCUT2D eigenvalue weighted by Crippen LogP contribution is -2.55. The Bertz CT molecular complexity index is 1800. The number of anilines is 1. The highest BCUT2D eigenvalue weighted by Gasteiger charge is 2.35. The maximum absolute atomic E-state index is 14.8. The summed E-state index contributed by atoms with van der Waals surface area (Å²) in [5.74, 6) is -0.0724. The van der Waals surface area contributed by atoms with Crippen LogP contribution in [0.1, 0.15) is 43.2 Å². The average Bonchev–Trinajstić information content (AvgIpc) is 3.13. The van der Waals surface area contributed by atoms with Gasteiger partial charge in [-0.25, -0.2) is 8.42 Å². The van der Waals surface area contributed by atoms with Gasteiger partial charge in [0.05, 0.1) is 24.8 Å². The van der Waals surface area contributed by atoms with E-state index in [0.717, 1.165) is 52.0 Å². The SMILES string of the molecule is COc1ccc(N(CC(=O)N(Cc2ccc(Br)cc2)C(Cc2ccccc2)C(=O)NC2CCCCC2)S(=O)(=O)c2ccccc2)cc1OC. The molecule has 1 aliphatic rings. The van der Waals surface area contributed by atoms with Gasteiger partial charge in [-0.15, -0.1) is 0 Å². The fraction of sp³-hybridized carbons (Fsp3) is 0.316. The van der Waals surface area contributed by atoms with Crippen molar-refractivity contribution < 1.29 is 27.5 Å². The quantitative estimate of drug-likeness (QED) is 0.153. The van der Waals surface area contributed by atoms with Crippen LogP contribution in [0.3, 0.4) is 0 Å². The second-order valence-corrected chi connectivity index (χ2v) is 14.8. The molecule has 11 heteroatoms. The van der Waals surface area contributed by atoms with Gasteiger partial charge < -0.3 is 19.7 Å². The van der Waals surface area contributed by atoms with Crippen LogP contribution >= 0.6 is 15.9 Å². The summed E-state index contributed by atoms with van der Waals surface area (Å²) in [5, 5.41) is 3.24. The van der Waals surface area contributed by atoms with E-state index in [0.29, 0.717) is 11.5 Å². The lowest BCUT2D eigenvalue weighted by Gasteiger charge is -2.35. The Labute approximate surface area is 297 Å². The van der Waals surface area contributed by atoms with E-state index in [1.54, 1.807) is 30.3 Å². The number of ether oxygens (including phenoxy) is 2. The zero-order valence-corrected chi connectivity index (χ0v) is 30.2. The maximum atomic E-state index is 14.8. The molecule has 1 unspecified atom stereocenters. The van der Waals surface area contributed by atoms with Crippen molar-refractivity contribution in [2.45, 2.75) is 62.0 Å². The molecule has 1 N–H and O–H groups in total. The molecule has 2 amide bonds. The molecule has 1 atom stereocenters. The van der Waals surface area contributed by atoms with Gasteiger partial charge in [0, 0.05) is 29.5 Å². The summed E-state index contributed by atoms with van der Waals surface area (Å²) >= 11 is 3.48. The first-order valence-corrected chi connectivity index (χ1v) is 18.6. The number of carbonyl (C=O) groups excluding carboxylic acids is 2. The number of nitrogens with zero attached hydrogens (tertiary/aromatic N) is 2. The Morgan fingerprint density at radius 1 is 0.816 bits per heavy atom. The van der Waals surface area contributed by atoms with Crippen LogP contribution < -0.4 is 19.1 Å². The second kappa shape index (κ2) is 16.8. The Morgan fingerprint density at radius 2 is 1.45 bits per heavy atom. The van der Waals surface area contributed by atoms with E-state index >= 15 is 0 Å². The molecule has 0 bridgehead atoms. The topological polar surface area (TPSA) is 105 Å². The smallest absolute Gasteiger partial charge is 0.264 e. The van der Waals surface area contributed by atoms with Crippen LogP contribution in [-0.4, -0.2) is 58.0 Å². The molecular formula is C38H42BrN3O6S. The molecule has 0 radical (unpaired) electrons. The van der Waals surface area contributed by atoms with Crippen molar-refractivity contribution in [2.75, 3.05) is 25.1 Å². The number of hydrogen-bond donors (Lipinski definition) is 1. The van der Waals surface area contributed by atoms with E-state index in [1.807, 2.05) is 54.6 Å². The number of methoxy groups -OCH3 is 2. The second-order valence-electron chi connectivity index (χ2n) is 12.1. The number of amides is 2. The molecular weight excluding hydrogens is 706 g/mol. The lowest BCUT2D eigenvalue weighted by atomic mass is 9.94. The molecule has 1 fully saturated rings. The maximum Gasteiger partial charge on any atom is 0.264 e. The molecule has 0 aromatic heterocycles. The Kier molecular flexibility index (Phi) is 12.4. The van der Waals surface area contributed by atoms with Crippen LogP contribution in [0.5, 0.6) is 11.5 Å². The predicted octanol–water partition coefficient (Wildman–Crippen LogP) is 6.75. The Balaban J connectivity index is 1.58. The normalized spacial score (nSPS) is 14.0. The van der Waals surface area contributed by atoms with Gasteiger partial charge in [-0.2, -0.15) is 0 Å². The number of sulfonamides is 1. The van der Waals surface area contributed by atoms with Crippen LogP contribution in [0.15, 0.2) is 112 Å². The lowest BCUT2D eigenvalue weighted by molar-refractivity contribution is -0.140. The monoisotopic (exact) mass is 747 g/mol. The molecule has 1 saturated carbocycles. The molecule has 1 aliphatic carbocycles. The highest BCUT2D eigenvalue weighted by Crippen LogP contribution is 2.34. The number of carbonyl (C=O) groups is 2. The summed E-state index contributed by atoms with van der Waals surface area (Å²) in [5.41, 5.74) is 1.89. The third-order valence-electron chi connectivity index (χ3n) is 8.75. The number of hydrogen-bond acceptors (Lipinski definition) is 6. The van der Waals surface area contributed by atoms with E-state index in [1.165, 1.54) is 37.3 Å². The van der Waals surface area contributed by atoms with E-state index < -0.39 is 28.5 Å². The summed E-state index contributed by atoms with van der Waals surface area (Å²) in [6.07, 6.45) is 5.22.